The highest BCUT2D eigenvalue weighted by Gasteiger charge is 2.28. The van der Waals surface area contributed by atoms with Crippen molar-refractivity contribution in [1.29, 1.82) is 0 Å². The van der Waals surface area contributed by atoms with Gasteiger partial charge in [-0.2, -0.15) is 4.31 Å². The molecule has 2 aromatic rings. The summed E-state index contributed by atoms with van der Waals surface area (Å²) in [6.07, 6.45) is 1.65. The molecule has 0 saturated carbocycles. The molecule has 2 N–H and O–H groups in total. The minimum absolute atomic E-state index is 0.0353. The van der Waals surface area contributed by atoms with E-state index in [1.165, 1.54) is 8.71 Å². The summed E-state index contributed by atoms with van der Waals surface area (Å²) >= 11 is 0. The number of anilines is 1. The Morgan fingerprint density at radius 1 is 1.33 bits per heavy atom. The molecule has 0 atom stereocenters. The van der Waals surface area contributed by atoms with Gasteiger partial charge in [0.05, 0.1) is 0 Å². The number of rotatable bonds is 4. The van der Waals surface area contributed by atoms with Crippen molar-refractivity contribution in [2.75, 3.05) is 18.8 Å². The molecule has 2 rings (SSSR count). The van der Waals surface area contributed by atoms with Gasteiger partial charge in [0.15, 0.2) is 10.8 Å². The number of sulfonamides is 1. The highest BCUT2D eigenvalue weighted by molar-refractivity contribution is 7.89. The lowest BCUT2D eigenvalue weighted by molar-refractivity contribution is 0.442. The van der Waals surface area contributed by atoms with Gasteiger partial charge in [0, 0.05) is 19.3 Å². The Morgan fingerprint density at radius 3 is 2.61 bits per heavy atom. The average Bonchev–Trinajstić information content (AvgIpc) is 2.66. The monoisotopic (exact) mass is 268 g/mol. The number of imidazole rings is 1. The molecule has 0 aliphatic rings. The summed E-state index contributed by atoms with van der Waals surface area (Å²) in [6.45, 7) is 4.39. The molecule has 98 valence electrons. The average molecular weight is 268 g/mol. The van der Waals surface area contributed by atoms with E-state index in [-0.39, 0.29) is 10.8 Å². The summed E-state index contributed by atoms with van der Waals surface area (Å²) in [6, 6.07) is 5.25. The maximum atomic E-state index is 12.5. The molecule has 0 aromatic carbocycles. The molecule has 0 bridgehead atoms. The number of pyridine rings is 1. The van der Waals surface area contributed by atoms with Crippen LogP contribution in [-0.4, -0.2) is 35.2 Å². The SMILES string of the molecule is CCN(CC)S(=O)(=O)c1c(N)nc2ccccn12. The van der Waals surface area contributed by atoms with Gasteiger partial charge in [-0.3, -0.25) is 4.40 Å². The summed E-state index contributed by atoms with van der Waals surface area (Å²) in [7, 11) is -3.61. The number of nitrogen functional groups attached to an aromatic ring is 1. The lowest BCUT2D eigenvalue weighted by atomic mass is 10.5. The number of hydrogen-bond donors (Lipinski definition) is 1. The molecule has 6 nitrogen and oxygen atoms in total. The predicted molar refractivity (Wildman–Crippen MR) is 69.7 cm³/mol. The highest BCUT2D eigenvalue weighted by Crippen LogP contribution is 2.23. The third kappa shape index (κ3) is 1.85. The molecule has 0 fully saturated rings. The van der Waals surface area contributed by atoms with Crippen molar-refractivity contribution in [3.05, 3.63) is 24.4 Å². The van der Waals surface area contributed by atoms with Crippen molar-refractivity contribution in [1.82, 2.24) is 13.7 Å². The summed E-state index contributed by atoms with van der Waals surface area (Å²) in [4.78, 5) is 4.07. The Bertz CT molecular complexity index is 659. The van der Waals surface area contributed by atoms with E-state index in [0.29, 0.717) is 18.7 Å². The standard InChI is InChI=1S/C11H16N4O2S/c1-3-14(4-2)18(16,17)11-10(12)13-9-7-5-6-8-15(9)11/h5-8H,3-4,12H2,1-2H3. The van der Waals surface area contributed by atoms with Crippen molar-refractivity contribution in [3.8, 4) is 0 Å². The molecule has 18 heavy (non-hydrogen) atoms. The molecule has 0 radical (unpaired) electrons. The van der Waals surface area contributed by atoms with Gasteiger partial charge in [-0.1, -0.05) is 19.9 Å². The predicted octanol–water partition coefficient (Wildman–Crippen LogP) is 0.947. The fourth-order valence-corrected chi connectivity index (χ4v) is 3.57. The molecule has 0 saturated heterocycles. The molecule has 2 heterocycles. The molecule has 2 aromatic heterocycles. The first-order valence-corrected chi connectivity index (χ1v) is 7.19. The van der Waals surface area contributed by atoms with E-state index in [9.17, 15) is 8.42 Å². The third-order valence-electron chi connectivity index (χ3n) is 2.80. The zero-order valence-corrected chi connectivity index (χ0v) is 11.2. The van der Waals surface area contributed by atoms with Crippen molar-refractivity contribution < 1.29 is 8.42 Å². The second-order valence-electron chi connectivity index (χ2n) is 3.82. The summed E-state index contributed by atoms with van der Waals surface area (Å²) < 4.78 is 27.8. The van der Waals surface area contributed by atoms with Gasteiger partial charge in [0.1, 0.15) is 5.65 Å². The minimum atomic E-state index is -3.61. The van der Waals surface area contributed by atoms with E-state index in [0.717, 1.165) is 0 Å². The first kappa shape index (κ1) is 12.8. The number of aromatic nitrogens is 2. The van der Waals surface area contributed by atoms with Crippen molar-refractivity contribution in [3.63, 3.8) is 0 Å². The van der Waals surface area contributed by atoms with Gasteiger partial charge in [-0.25, -0.2) is 13.4 Å². The number of hydrogen-bond acceptors (Lipinski definition) is 4. The van der Waals surface area contributed by atoms with E-state index in [2.05, 4.69) is 4.98 Å². The molecule has 0 aliphatic carbocycles. The lowest BCUT2D eigenvalue weighted by Crippen LogP contribution is -2.31. The van der Waals surface area contributed by atoms with E-state index in [1.807, 2.05) is 0 Å². The maximum Gasteiger partial charge on any atom is 0.262 e. The highest BCUT2D eigenvalue weighted by atomic mass is 32.2. The first-order valence-electron chi connectivity index (χ1n) is 5.75. The van der Waals surface area contributed by atoms with Crippen LogP contribution in [0.15, 0.2) is 29.4 Å². The Hall–Kier alpha value is -1.60. The fraction of sp³-hybridized carbons (Fsp3) is 0.364. The van der Waals surface area contributed by atoms with E-state index >= 15 is 0 Å². The van der Waals surface area contributed by atoms with Crippen LogP contribution in [0.25, 0.3) is 5.65 Å². The Kier molecular flexibility index (Phi) is 3.27. The third-order valence-corrected chi connectivity index (χ3v) is 4.89. The number of fused-ring (bicyclic) bond motifs is 1. The van der Waals surface area contributed by atoms with Gasteiger partial charge < -0.3 is 5.73 Å². The van der Waals surface area contributed by atoms with Gasteiger partial charge in [-0.05, 0) is 12.1 Å². The van der Waals surface area contributed by atoms with Crippen LogP contribution in [0.3, 0.4) is 0 Å². The summed E-state index contributed by atoms with van der Waals surface area (Å²) in [5.74, 6) is 0.0353. The van der Waals surface area contributed by atoms with Crippen LogP contribution in [0.5, 0.6) is 0 Å². The number of nitrogens with two attached hydrogens (primary N) is 1. The van der Waals surface area contributed by atoms with Gasteiger partial charge in [0.2, 0.25) is 0 Å². The zero-order valence-electron chi connectivity index (χ0n) is 10.4. The molecule has 7 heteroatoms. The van der Waals surface area contributed by atoms with Crippen molar-refractivity contribution in [2.45, 2.75) is 18.9 Å². The molecular weight excluding hydrogens is 252 g/mol. The normalized spacial score (nSPS) is 12.4. The topological polar surface area (TPSA) is 80.7 Å². The second-order valence-corrected chi connectivity index (χ2v) is 5.67. The second kappa shape index (κ2) is 4.58. The summed E-state index contributed by atoms with van der Waals surface area (Å²) in [5.41, 5.74) is 6.28. The van der Waals surface area contributed by atoms with Crippen LogP contribution in [-0.2, 0) is 10.0 Å². The minimum Gasteiger partial charge on any atom is -0.381 e. The molecule has 0 aliphatic heterocycles. The smallest absolute Gasteiger partial charge is 0.262 e. The Labute approximate surface area is 106 Å². The maximum absolute atomic E-state index is 12.5. The lowest BCUT2D eigenvalue weighted by Gasteiger charge is -2.18. The quantitative estimate of drug-likeness (QED) is 0.895. The van der Waals surface area contributed by atoms with E-state index in [1.54, 1.807) is 38.2 Å². The number of nitrogens with zero attached hydrogens (tertiary/aromatic N) is 3. The van der Waals surface area contributed by atoms with Gasteiger partial charge >= 0.3 is 0 Å². The molecule has 0 spiro atoms. The van der Waals surface area contributed by atoms with Crippen LogP contribution >= 0.6 is 0 Å². The molecule has 0 unspecified atom stereocenters. The van der Waals surface area contributed by atoms with Crippen LogP contribution in [0, 0.1) is 0 Å². The van der Waals surface area contributed by atoms with Gasteiger partial charge in [0.25, 0.3) is 10.0 Å². The van der Waals surface area contributed by atoms with Crippen LogP contribution in [0.2, 0.25) is 0 Å². The fourth-order valence-electron chi connectivity index (χ4n) is 1.93. The largest absolute Gasteiger partial charge is 0.381 e. The molecule has 0 amide bonds. The van der Waals surface area contributed by atoms with Crippen molar-refractivity contribution >= 4 is 21.5 Å². The zero-order chi connectivity index (χ0) is 13.3. The van der Waals surface area contributed by atoms with Crippen LogP contribution in [0.1, 0.15) is 13.8 Å². The van der Waals surface area contributed by atoms with E-state index < -0.39 is 10.0 Å². The van der Waals surface area contributed by atoms with Crippen LogP contribution in [0.4, 0.5) is 5.82 Å². The van der Waals surface area contributed by atoms with E-state index in [4.69, 9.17) is 5.73 Å². The van der Waals surface area contributed by atoms with Crippen LogP contribution < -0.4 is 5.73 Å². The summed E-state index contributed by atoms with van der Waals surface area (Å²) in [5, 5.41) is 0.0433. The van der Waals surface area contributed by atoms with Gasteiger partial charge in [-0.15, -0.1) is 0 Å². The Balaban J connectivity index is 2.71. The van der Waals surface area contributed by atoms with Crippen molar-refractivity contribution in [2.24, 2.45) is 0 Å². The molecular formula is C11H16N4O2S. The Morgan fingerprint density at radius 2 is 2.00 bits per heavy atom. The first-order chi connectivity index (χ1) is 8.52.